The number of methoxy groups -OCH3 is 1. The van der Waals surface area contributed by atoms with Gasteiger partial charge in [0.05, 0.1) is 7.11 Å². The van der Waals surface area contributed by atoms with E-state index in [1.54, 1.807) is 18.9 Å². The Morgan fingerprint density at radius 2 is 1.81 bits per heavy atom. The maximum absolute atomic E-state index is 5.94. The summed E-state index contributed by atoms with van der Waals surface area (Å²) < 4.78 is 5.11. The van der Waals surface area contributed by atoms with Crippen molar-refractivity contribution in [3.63, 3.8) is 0 Å². The summed E-state index contributed by atoms with van der Waals surface area (Å²) in [6.07, 6.45) is 0. The van der Waals surface area contributed by atoms with Crippen molar-refractivity contribution in [2.24, 2.45) is 0 Å². The van der Waals surface area contributed by atoms with Crippen molar-refractivity contribution in [2.45, 2.75) is 9.79 Å². The maximum atomic E-state index is 5.94. The highest BCUT2D eigenvalue weighted by molar-refractivity contribution is 7.99. The molecule has 0 aliphatic rings. The van der Waals surface area contributed by atoms with E-state index in [1.807, 2.05) is 36.4 Å². The lowest BCUT2D eigenvalue weighted by molar-refractivity contribution is 0.415. The van der Waals surface area contributed by atoms with Crippen molar-refractivity contribution in [1.29, 1.82) is 0 Å². The van der Waals surface area contributed by atoms with E-state index >= 15 is 0 Å². The molecular formula is C13H13NOS. The SMILES string of the molecule is COc1ccc(Sc2ccccc2)c(N)c1. The zero-order valence-corrected chi connectivity index (χ0v) is 9.83. The summed E-state index contributed by atoms with van der Waals surface area (Å²) in [6, 6.07) is 15.9. The zero-order valence-electron chi connectivity index (χ0n) is 9.01. The Labute approximate surface area is 99.4 Å². The maximum Gasteiger partial charge on any atom is 0.120 e. The van der Waals surface area contributed by atoms with Crippen molar-refractivity contribution >= 4 is 17.4 Å². The molecule has 3 heteroatoms. The van der Waals surface area contributed by atoms with E-state index in [0.29, 0.717) is 0 Å². The number of nitrogen functional groups attached to an aromatic ring is 1. The zero-order chi connectivity index (χ0) is 11.4. The third-order valence-corrected chi connectivity index (χ3v) is 3.29. The lowest BCUT2D eigenvalue weighted by Crippen LogP contribution is -1.90. The van der Waals surface area contributed by atoms with Gasteiger partial charge in [-0.15, -0.1) is 0 Å². The third-order valence-electron chi connectivity index (χ3n) is 2.19. The van der Waals surface area contributed by atoms with Gasteiger partial charge in [0, 0.05) is 21.5 Å². The van der Waals surface area contributed by atoms with Crippen molar-refractivity contribution < 1.29 is 4.74 Å². The summed E-state index contributed by atoms with van der Waals surface area (Å²) in [5.41, 5.74) is 6.69. The number of ether oxygens (including phenoxy) is 1. The second-order valence-electron chi connectivity index (χ2n) is 3.32. The van der Waals surface area contributed by atoms with Gasteiger partial charge in [0.2, 0.25) is 0 Å². The standard InChI is InChI=1S/C13H13NOS/c1-15-10-7-8-13(12(14)9-10)16-11-5-3-2-4-6-11/h2-9H,14H2,1H3. The van der Waals surface area contributed by atoms with Gasteiger partial charge in [0.25, 0.3) is 0 Å². The highest BCUT2D eigenvalue weighted by atomic mass is 32.2. The molecule has 0 saturated carbocycles. The normalized spacial score (nSPS) is 10.1. The molecule has 2 rings (SSSR count). The molecule has 0 spiro atoms. The summed E-state index contributed by atoms with van der Waals surface area (Å²) in [4.78, 5) is 2.23. The number of benzene rings is 2. The van der Waals surface area contributed by atoms with Crippen molar-refractivity contribution in [3.05, 3.63) is 48.5 Å². The fourth-order valence-corrected chi connectivity index (χ4v) is 2.22. The van der Waals surface area contributed by atoms with Crippen LogP contribution < -0.4 is 10.5 Å². The van der Waals surface area contributed by atoms with Crippen LogP contribution in [0, 0.1) is 0 Å². The van der Waals surface area contributed by atoms with Crippen LogP contribution in [-0.4, -0.2) is 7.11 Å². The van der Waals surface area contributed by atoms with Crippen LogP contribution in [-0.2, 0) is 0 Å². The van der Waals surface area contributed by atoms with E-state index in [1.165, 1.54) is 4.90 Å². The monoisotopic (exact) mass is 231 g/mol. The van der Waals surface area contributed by atoms with Crippen LogP contribution in [0.5, 0.6) is 5.75 Å². The number of anilines is 1. The molecule has 0 aliphatic heterocycles. The molecule has 0 radical (unpaired) electrons. The molecule has 0 aliphatic carbocycles. The summed E-state index contributed by atoms with van der Waals surface area (Å²) in [6.45, 7) is 0. The molecule has 0 heterocycles. The second kappa shape index (κ2) is 4.94. The van der Waals surface area contributed by atoms with E-state index in [9.17, 15) is 0 Å². The molecule has 0 unspecified atom stereocenters. The molecule has 0 amide bonds. The van der Waals surface area contributed by atoms with Crippen LogP contribution in [0.2, 0.25) is 0 Å². The molecule has 0 aromatic heterocycles. The summed E-state index contributed by atoms with van der Waals surface area (Å²) in [5, 5.41) is 0. The number of rotatable bonds is 3. The molecule has 0 saturated heterocycles. The summed E-state index contributed by atoms with van der Waals surface area (Å²) in [5.74, 6) is 0.787. The lowest BCUT2D eigenvalue weighted by atomic mass is 10.3. The molecule has 82 valence electrons. The topological polar surface area (TPSA) is 35.2 Å². The fraction of sp³-hybridized carbons (Fsp3) is 0.0769. The molecule has 2 aromatic carbocycles. The average Bonchev–Trinajstić information content (AvgIpc) is 2.33. The minimum atomic E-state index is 0.744. The lowest BCUT2D eigenvalue weighted by Gasteiger charge is -2.07. The van der Waals surface area contributed by atoms with Crippen LogP contribution in [0.25, 0.3) is 0 Å². The van der Waals surface area contributed by atoms with Crippen LogP contribution in [0.15, 0.2) is 58.3 Å². The molecule has 0 fully saturated rings. The van der Waals surface area contributed by atoms with E-state index in [0.717, 1.165) is 16.3 Å². The number of hydrogen-bond donors (Lipinski definition) is 1. The Kier molecular flexibility index (Phi) is 3.37. The Balaban J connectivity index is 2.22. The van der Waals surface area contributed by atoms with Gasteiger partial charge >= 0.3 is 0 Å². The molecular weight excluding hydrogens is 218 g/mol. The highest BCUT2D eigenvalue weighted by Gasteiger charge is 2.02. The van der Waals surface area contributed by atoms with E-state index in [4.69, 9.17) is 10.5 Å². The van der Waals surface area contributed by atoms with Crippen LogP contribution >= 0.6 is 11.8 Å². The van der Waals surface area contributed by atoms with Gasteiger partial charge in [-0.2, -0.15) is 0 Å². The Hall–Kier alpha value is -1.61. The average molecular weight is 231 g/mol. The van der Waals surface area contributed by atoms with E-state index in [-0.39, 0.29) is 0 Å². The van der Waals surface area contributed by atoms with Crippen LogP contribution in [0.3, 0.4) is 0 Å². The molecule has 0 atom stereocenters. The van der Waals surface area contributed by atoms with Gasteiger partial charge < -0.3 is 10.5 Å². The second-order valence-corrected chi connectivity index (χ2v) is 4.43. The minimum Gasteiger partial charge on any atom is -0.497 e. The summed E-state index contributed by atoms with van der Waals surface area (Å²) in [7, 11) is 1.64. The third kappa shape index (κ3) is 2.49. The van der Waals surface area contributed by atoms with Gasteiger partial charge in [0.1, 0.15) is 5.75 Å². The van der Waals surface area contributed by atoms with E-state index < -0.39 is 0 Å². The molecule has 2 nitrogen and oxygen atoms in total. The van der Waals surface area contributed by atoms with E-state index in [2.05, 4.69) is 12.1 Å². The fourth-order valence-electron chi connectivity index (χ4n) is 1.36. The van der Waals surface area contributed by atoms with Crippen LogP contribution in [0.4, 0.5) is 5.69 Å². The molecule has 0 bridgehead atoms. The smallest absolute Gasteiger partial charge is 0.120 e. The molecule has 2 aromatic rings. The quantitative estimate of drug-likeness (QED) is 0.822. The predicted octanol–water partition coefficient (Wildman–Crippen LogP) is 3.43. The first kappa shape index (κ1) is 10.9. The minimum absolute atomic E-state index is 0.744. The first-order valence-electron chi connectivity index (χ1n) is 4.96. The first-order valence-corrected chi connectivity index (χ1v) is 5.77. The first-order chi connectivity index (χ1) is 7.79. The Morgan fingerprint density at radius 1 is 1.06 bits per heavy atom. The Bertz CT molecular complexity index is 471. The molecule has 16 heavy (non-hydrogen) atoms. The van der Waals surface area contributed by atoms with Crippen molar-refractivity contribution in [1.82, 2.24) is 0 Å². The summed E-state index contributed by atoms with van der Waals surface area (Å²) >= 11 is 1.65. The van der Waals surface area contributed by atoms with Gasteiger partial charge in [-0.25, -0.2) is 0 Å². The number of nitrogens with two attached hydrogens (primary N) is 1. The van der Waals surface area contributed by atoms with Gasteiger partial charge in [-0.1, -0.05) is 30.0 Å². The predicted molar refractivity (Wildman–Crippen MR) is 68.0 cm³/mol. The highest BCUT2D eigenvalue weighted by Crippen LogP contribution is 2.33. The van der Waals surface area contributed by atoms with Gasteiger partial charge in [-0.3, -0.25) is 0 Å². The molecule has 2 N–H and O–H groups in total. The largest absolute Gasteiger partial charge is 0.497 e. The number of hydrogen-bond acceptors (Lipinski definition) is 3. The van der Waals surface area contributed by atoms with Gasteiger partial charge in [-0.05, 0) is 24.3 Å². The van der Waals surface area contributed by atoms with Crippen LogP contribution in [0.1, 0.15) is 0 Å². The van der Waals surface area contributed by atoms with Gasteiger partial charge in [0.15, 0.2) is 0 Å². The Morgan fingerprint density at radius 3 is 2.44 bits per heavy atom. The van der Waals surface area contributed by atoms with Crippen molar-refractivity contribution in [2.75, 3.05) is 12.8 Å². The van der Waals surface area contributed by atoms with Crippen molar-refractivity contribution in [3.8, 4) is 5.75 Å².